The van der Waals surface area contributed by atoms with Crippen molar-refractivity contribution >= 4 is 69.9 Å². The Bertz CT molecular complexity index is 3510. The molecule has 8 atom stereocenters. The number of hydrogen-bond acceptors (Lipinski definition) is 15. The normalized spacial score (nSPS) is 15.1. The standard InChI is InChI=1S/C66H85N15O12/c1-39(2)30-50(59(87)75-49(14-8-28-71-66(68)69)65(93)81-29-9-15-56(81)57(85)26-27-67)76-60(88)51(31-41-16-21-45(83)22-17-41)77-61(89)52(32-42-18-23-46(84)24-19-42)78-64(92)55(37-82)80-62(90)53(33-43-35-72-48-13-7-6-12-47(43)48)79-63(91)54(34-44-36-70-38-73-44)74-58(86)25-20-40-10-4-3-5-11-40/h3-7,10-13,16-19,21-24,35-36,38-39,49-56,72,82-84H,8-9,14-15,20,25-34,37,67H2,1-2H3,(H,70,73)(H,74,86)(H,75,87)(H,76,88)(H,77,89)(H,78,92)(H,79,91)(H,80,90)(H4,68,69,71)/t49-,50-,51+,52-,53-,54-,55-,56-/m0/s1. The first kappa shape index (κ1) is 70.3. The van der Waals surface area contributed by atoms with Crippen LogP contribution in [0.3, 0.4) is 0 Å². The van der Waals surface area contributed by atoms with Crippen molar-refractivity contribution in [3.8, 4) is 11.5 Å². The molecule has 1 saturated heterocycles. The molecule has 27 nitrogen and oxygen atoms in total. The van der Waals surface area contributed by atoms with Crippen LogP contribution in [0.25, 0.3) is 10.9 Å². The van der Waals surface area contributed by atoms with Crippen molar-refractivity contribution in [2.45, 2.75) is 139 Å². The van der Waals surface area contributed by atoms with E-state index in [9.17, 15) is 58.5 Å². The molecule has 0 unspecified atom stereocenters. The number of aromatic nitrogens is 3. The minimum absolute atomic E-state index is 0.0386. The van der Waals surface area contributed by atoms with E-state index in [1.807, 2.05) is 62.4 Å². The highest BCUT2D eigenvalue weighted by molar-refractivity contribution is 5.99. The fourth-order valence-electron chi connectivity index (χ4n) is 11.0. The molecular formula is C66H85N15O12. The molecule has 93 heavy (non-hydrogen) atoms. The van der Waals surface area contributed by atoms with Crippen LogP contribution in [-0.2, 0) is 75.3 Å². The van der Waals surface area contributed by atoms with E-state index >= 15 is 0 Å². The Balaban J connectivity index is 1.13. The van der Waals surface area contributed by atoms with Gasteiger partial charge in [0.05, 0.1) is 19.0 Å². The molecule has 18 N–H and O–H groups in total. The number of carbonyl (C=O) groups is 9. The number of aromatic hydroxyl groups is 2. The van der Waals surface area contributed by atoms with Gasteiger partial charge >= 0.3 is 0 Å². The summed E-state index contributed by atoms with van der Waals surface area (Å²) in [6, 6.07) is 17.3. The molecule has 6 aromatic rings. The number of guanidine groups is 1. The molecule has 8 amide bonds. The van der Waals surface area contributed by atoms with Crippen LogP contribution in [0.1, 0.15) is 86.7 Å². The van der Waals surface area contributed by atoms with Crippen LogP contribution in [-0.4, -0.2) is 169 Å². The van der Waals surface area contributed by atoms with Gasteiger partial charge in [-0.15, -0.1) is 0 Å². The maximum absolute atomic E-state index is 14.9. The maximum atomic E-state index is 14.9. The molecule has 1 aliphatic heterocycles. The van der Waals surface area contributed by atoms with Crippen molar-refractivity contribution in [3.63, 3.8) is 0 Å². The molecule has 0 spiro atoms. The van der Waals surface area contributed by atoms with E-state index in [4.69, 9.17) is 17.2 Å². The van der Waals surface area contributed by atoms with Crippen molar-refractivity contribution < 1.29 is 58.5 Å². The van der Waals surface area contributed by atoms with Gasteiger partial charge in [0, 0.05) is 80.6 Å². The number of benzene rings is 4. The van der Waals surface area contributed by atoms with Gasteiger partial charge in [0.15, 0.2) is 11.7 Å². The summed E-state index contributed by atoms with van der Waals surface area (Å²) in [5, 5.41) is 51.1. The number of likely N-dealkylation sites (tertiary alicyclic amines) is 1. The Morgan fingerprint density at radius 2 is 1.16 bits per heavy atom. The first-order valence-electron chi connectivity index (χ1n) is 31.1. The summed E-state index contributed by atoms with van der Waals surface area (Å²) in [4.78, 5) is 145. The monoisotopic (exact) mass is 1280 g/mol. The van der Waals surface area contributed by atoms with E-state index in [0.717, 1.165) is 16.5 Å². The van der Waals surface area contributed by atoms with Crippen molar-refractivity contribution in [1.29, 1.82) is 0 Å². The number of aliphatic hydroxyl groups excluding tert-OH is 1. The number of aliphatic imine (C=N–C) groups is 1. The Hall–Kier alpha value is -10.1. The van der Waals surface area contributed by atoms with E-state index in [1.165, 1.54) is 66.0 Å². The highest BCUT2D eigenvalue weighted by Gasteiger charge is 2.39. The molecule has 0 bridgehead atoms. The molecule has 7 rings (SSSR count). The van der Waals surface area contributed by atoms with E-state index in [1.54, 1.807) is 12.3 Å². The van der Waals surface area contributed by atoms with E-state index in [0.29, 0.717) is 41.6 Å². The fourth-order valence-corrected chi connectivity index (χ4v) is 11.0. The third-order valence-electron chi connectivity index (χ3n) is 15.9. The lowest BCUT2D eigenvalue weighted by Crippen LogP contribution is -2.61. The SMILES string of the molecule is CC(C)C[C@H](NC(=O)[C@@H](Cc1ccc(O)cc1)NC(=O)[C@H](Cc1ccc(O)cc1)NC(=O)[C@H](CO)NC(=O)[C@H](Cc1c[nH]c2ccccc12)NC(=O)[C@H](Cc1cnc[nH]1)NC(=O)CCc1ccccc1)C(=O)N[C@@H](CCCN=C(N)N)C(=O)N1CCC[C@H]1C(=O)CCN. The largest absolute Gasteiger partial charge is 0.508 e. The molecule has 27 heteroatoms. The number of phenols is 2. The van der Waals surface area contributed by atoms with Crippen LogP contribution in [0.4, 0.5) is 0 Å². The molecular weight excluding hydrogens is 1190 g/mol. The molecule has 4 aromatic carbocycles. The smallest absolute Gasteiger partial charge is 0.245 e. The number of Topliss-reactive ketones (excluding diaryl/α,β-unsaturated/α-hetero) is 1. The topological polar surface area (TPSA) is 437 Å². The van der Waals surface area contributed by atoms with Gasteiger partial charge in [0.2, 0.25) is 47.3 Å². The second-order valence-corrected chi connectivity index (χ2v) is 23.5. The summed E-state index contributed by atoms with van der Waals surface area (Å²) >= 11 is 0. The molecule has 0 saturated carbocycles. The van der Waals surface area contributed by atoms with Crippen LogP contribution in [0.15, 0.2) is 127 Å². The number of H-pyrrole nitrogens is 2. The first-order valence-corrected chi connectivity index (χ1v) is 31.1. The van der Waals surface area contributed by atoms with Gasteiger partial charge in [-0.25, -0.2) is 4.98 Å². The average Bonchev–Trinajstić information content (AvgIpc) is 1.94. The van der Waals surface area contributed by atoms with Gasteiger partial charge < -0.3 is 84.6 Å². The number of aryl methyl sites for hydroxylation is 1. The lowest BCUT2D eigenvalue weighted by atomic mass is 9.99. The number of imidazole rings is 1. The number of ketones is 1. The Morgan fingerprint density at radius 3 is 1.73 bits per heavy atom. The van der Waals surface area contributed by atoms with Gasteiger partial charge in [-0.1, -0.05) is 86.6 Å². The summed E-state index contributed by atoms with van der Waals surface area (Å²) in [5.41, 5.74) is 20.4. The number of carbonyl (C=O) groups excluding carboxylic acids is 9. The number of aromatic amines is 2. The lowest BCUT2D eigenvalue weighted by Gasteiger charge is -2.30. The van der Waals surface area contributed by atoms with Gasteiger partial charge in [-0.05, 0) is 104 Å². The summed E-state index contributed by atoms with van der Waals surface area (Å²) in [6.07, 6.45) is 5.66. The van der Waals surface area contributed by atoms with E-state index < -0.39 is 102 Å². The average molecular weight is 1280 g/mol. The van der Waals surface area contributed by atoms with Gasteiger partial charge in [0.1, 0.15) is 53.8 Å². The van der Waals surface area contributed by atoms with Crippen molar-refractivity contribution in [1.82, 2.24) is 57.1 Å². The zero-order valence-corrected chi connectivity index (χ0v) is 52.1. The zero-order valence-electron chi connectivity index (χ0n) is 52.1. The number of aliphatic hydroxyl groups is 1. The predicted octanol–water partition coefficient (Wildman–Crippen LogP) is 0.600. The third kappa shape index (κ3) is 21.5. The maximum Gasteiger partial charge on any atom is 0.245 e. The molecule has 0 radical (unpaired) electrons. The number of hydrogen-bond donors (Lipinski definition) is 15. The lowest BCUT2D eigenvalue weighted by molar-refractivity contribution is -0.141. The Morgan fingerprint density at radius 1 is 0.624 bits per heavy atom. The summed E-state index contributed by atoms with van der Waals surface area (Å²) < 4.78 is 0. The third-order valence-corrected chi connectivity index (χ3v) is 15.9. The summed E-state index contributed by atoms with van der Waals surface area (Å²) in [5.74, 6) is -7.07. The minimum atomic E-state index is -1.77. The van der Waals surface area contributed by atoms with Crippen LogP contribution >= 0.6 is 0 Å². The Kier molecular flexibility index (Phi) is 26.4. The van der Waals surface area contributed by atoms with Crippen molar-refractivity contribution in [2.75, 3.05) is 26.2 Å². The van der Waals surface area contributed by atoms with Crippen molar-refractivity contribution in [3.05, 3.63) is 150 Å². The van der Waals surface area contributed by atoms with E-state index in [-0.39, 0.29) is 107 Å². The van der Waals surface area contributed by atoms with Crippen molar-refractivity contribution in [2.24, 2.45) is 28.1 Å². The number of phenolic OH excluding ortho intramolecular Hbond substituents is 2. The molecule has 1 fully saturated rings. The molecule has 496 valence electrons. The second kappa shape index (κ2) is 34.9. The molecule has 1 aliphatic rings. The number of rotatable bonds is 35. The zero-order chi connectivity index (χ0) is 67.0. The Labute approximate surface area is 538 Å². The number of para-hydroxylation sites is 1. The summed E-state index contributed by atoms with van der Waals surface area (Å²) in [7, 11) is 0. The summed E-state index contributed by atoms with van der Waals surface area (Å²) in [6.45, 7) is 3.08. The predicted molar refractivity (Wildman–Crippen MR) is 346 cm³/mol. The fraction of sp³-hybridized carbons (Fsp3) is 0.409. The highest BCUT2D eigenvalue weighted by atomic mass is 16.3. The molecule has 3 heterocycles. The van der Waals surface area contributed by atoms with Crippen LogP contribution < -0.4 is 54.4 Å². The number of nitrogens with zero attached hydrogens (tertiary/aromatic N) is 3. The van der Waals surface area contributed by atoms with Crippen LogP contribution in [0.2, 0.25) is 0 Å². The minimum Gasteiger partial charge on any atom is -0.508 e. The van der Waals surface area contributed by atoms with Gasteiger partial charge in [0.25, 0.3) is 0 Å². The first-order chi connectivity index (χ1) is 44.7. The quantitative estimate of drug-likeness (QED) is 0.0147. The van der Waals surface area contributed by atoms with Crippen LogP contribution in [0.5, 0.6) is 11.5 Å². The number of nitrogens with two attached hydrogens (primary N) is 3. The van der Waals surface area contributed by atoms with E-state index in [2.05, 4.69) is 57.2 Å². The molecule has 0 aliphatic carbocycles. The molecule has 2 aromatic heterocycles. The second-order valence-electron chi connectivity index (χ2n) is 23.5. The van der Waals surface area contributed by atoms with Crippen LogP contribution in [0, 0.1) is 5.92 Å². The number of fused-ring (bicyclic) bond motifs is 1. The van der Waals surface area contributed by atoms with Gasteiger partial charge in [-0.3, -0.25) is 48.1 Å². The van der Waals surface area contributed by atoms with Gasteiger partial charge in [-0.2, -0.15) is 0 Å². The number of amides is 8. The highest BCUT2D eigenvalue weighted by Crippen LogP contribution is 2.23. The number of nitrogens with one attached hydrogen (secondary N) is 9.